The number of hydrogen-bond acceptors (Lipinski definition) is 5. The quantitative estimate of drug-likeness (QED) is 0.319. The Kier molecular flexibility index (Phi) is 3.34. The molecule has 0 saturated carbocycles. The number of anilines is 2. The molecule has 1 aromatic carbocycles. The molecule has 92 valence electrons. The van der Waals surface area contributed by atoms with Crippen molar-refractivity contribution in [2.45, 2.75) is 4.90 Å². The summed E-state index contributed by atoms with van der Waals surface area (Å²) in [5, 5.41) is 10.2. The lowest BCUT2D eigenvalue weighted by molar-refractivity contribution is -0.147. The van der Waals surface area contributed by atoms with Gasteiger partial charge in [0.1, 0.15) is 4.90 Å². The Morgan fingerprint density at radius 1 is 1.29 bits per heavy atom. The second-order valence-electron chi connectivity index (χ2n) is 2.99. The van der Waals surface area contributed by atoms with Crippen LogP contribution in [0.2, 0.25) is 0 Å². The van der Waals surface area contributed by atoms with E-state index in [-0.39, 0.29) is 5.69 Å². The van der Waals surface area contributed by atoms with Crippen LogP contribution in [-0.4, -0.2) is 30.0 Å². The van der Waals surface area contributed by atoms with E-state index in [1.165, 1.54) is 6.07 Å². The molecule has 0 spiro atoms. The van der Waals surface area contributed by atoms with Gasteiger partial charge in [0, 0.05) is 5.69 Å². The molecule has 17 heavy (non-hydrogen) atoms. The van der Waals surface area contributed by atoms with Gasteiger partial charge in [-0.25, -0.2) is 4.79 Å². The van der Waals surface area contributed by atoms with Crippen LogP contribution < -0.4 is 11.1 Å². The molecule has 0 aliphatic carbocycles. The Hall–Kier alpha value is -2.13. The number of nitrogens with one attached hydrogen (secondary N) is 1. The topological polar surface area (TPSA) is 147 Å². The maximum atomic E-state index is 10.9. The summed E-state index contributed by atoms with van der Waals surface area (Å²) in [6.07, 6.45) is 0. The predicted octanol–water partition coefficient (Wildman–Crippen LogP) is -0.461. The Bertz CT molecular complexity index is 580. The van der Waals surface area contributed by atoms with Gasteiger partial charge in [0.05, 0.1) is 5.69 Å². The summed E-state index contributed by atoms with van der Waals surface area (Å²) in [5.74, 6) is -3.24. The summed E-state index contributed by atoms with van der Waals surface area (Å²) in [4.78, 5) is 20.5. The Balaban J connectivity index is 3.26. The lowest BCUT2D eigenvalue weighted by atomic mass is 10.3. The van der Waals surface area contributed by atoms with E-state index < -0.39 is 32.6 Å². The zero-order chi connectivity index (χ0) is 13.2. The molecule has 0 saturated heterocycles. The number of nitrogen functional groups attached to an aromatic ring is 1. The van der Waals surface area contributed by atoms with Crippen molar-refractivity contribution >= 4 is 33.4 Å². The minimum atomic E-state index is -4.58. The van der Waals surface area contributed by atoms with Gasteiger partial charge in [-0.1, -0.05) is 0 Å². The van der Waals surface area contributed by atoms with Crippen LogP contribution in [0.15, 0.2) is 23.1 Å². The molecule has 0 fully saturated rings. The largest absolute Gasteiger partial charge is 0.474 e. The monoisotopic (exact) mass is 260 g/mol. The molecule has 8 nitrogen and oxygen atoms in total. The van der Waals surface area contributed by atoms with Crippen molar-refractivity contribution in [3.05, 3.63) is 18.2 Å². The molecule has 0 atom stereocenters. The van der Waals surface area contributed by atoms with E-state index in [4.69, 9.17) is 15.4 Å². The van der Waals surface area contributed by atoms with E-state index in [2.05, 4.69) is 0 Å². The molecular weight excluding hydrogens is 252 g/mol. The van der Waals surface area contributed by atoms with E-state index in [1.54, 1.807) is 5.32 Å². The van der Waals surface area contributed by atoms with Gasteiger partial charge < -0.3 is 16.2 Å². The van der Waals surface area contributed by atoms with Gasteiger partial charge in [-0.15, -0.1) is 0 Å². The van der Waals surface area contributed by atoms with E-state index in [1.807, 2.05) is 0 Å². The fraction of sp³-hybridized carbons (Fsp3) is 0. The summed E-state index contributed by atoms with van der Waals surface area (Å²) in [6, 6.07) is 3.14. The first kappa shape index (κ1) is 12.9. The van der Waals surface area contributed by atoms with Crippen molar-refractivity contribution in [1.82, 2.24) is 0 Å². The highest BCUT2D eigenvalue weighted by Gasteiger charge is 2.19. The average molecular weight is 260 g/mol. The summed E-state index contributed by atoms with van der Waals surface area (Å²) >= 11 is 0. The number of carbonyl (C=O) groups excluding carboxylic acids is 1. The van der Waals surface area contributed by atoms with Crippen LogP contribution in [0.5, 0.6) is 0 Å². The molecule has 0 aromatic heterocycles. The Labute approximate surface area is 95.8 Å². The summed E-state index contributed by atoms with van der Waals surface area (Å²) < 4.78 is 30.7. The van der Waals surface area contributed by atoms with Crippen molar-refractivity contribution < 1.29 is 27.7 Å². The van der Waals surface area contributed by atoms with Crippen LogP contribution in [0.1, 0.15) is 0 Å². The van der Waals surface area contributed by atoms with Crippen LogP contribution in [-0.2, 0) is 19.7 Å². The number of aliphatic carboxylic acids is 1. The van der Waals surface area contributed by atoms with Crippen LogP contribution in [0, 0.1) is 0 Å². The van der Waals surface area contributed by atoms with Gasteiger partial charge in [0.25, 0.3) is 10.1 Å². The van der Waals surface area contributed by atoms with Crippen molar-refractivity contribution in [3.8, 4) is 0 Å². The lowest BCUT2D eigenvalue weighted by Gasteiger charge is -2.08. The molecular formula is C8H8N2O6S. The Morgan fingerprint density at radius 2 is 1.88 bits per heavy atom. The van der Waals surface area contributed by atoms with Crippen molar-refractivity contribution in [2.75, 3.05) is 11.1 Å². The highest BCUT2D eigenvalue weighted by Crippen LogP contribution is 2.23. The number of rotatable bonds is 2. The van der Waals surface area contributed by atoms with Gasteiger partial charge in [-0.2, -0.15) is 8.42 Å². The highest BCUT2D eigenvalue weighted by atomic mass is 32.2. The third-order valence-corrected chi connectivity index (χ3v) is 2.64. The number of carboxylic acid groups (broad SMARTS) is 1. The highest BCUT2D eigenvalue weighted by molar-refractivity contribution is 7.86. The molecule has 0 unspecified atom stereocenters. The van der Waals surface area contributed by atoms with Crippen molar-refractivity contribution in [3.63, 3.8) is 0 Å². The average Bonchev–Trinajstić information content (AvgIpc) is 2.15. The summed E-state index contributed by atoms with van der Waals surface area (Å²) in [6.45, 7) is 0. The number of nitrogens with two attached hydrogens (primary N) is 1. The standard InChI is InChI=1S/C8H8N2O6S/c9-4-1-2-6(17(14,15)16)5(3-4)10-7(11)8(12)13/h1-3H,9H2,(H,10,11)(H,12,13)(H,14,15,16). The number of amides is 1. The van der Waals surface area contributed by atoms with Gasteiger partial charge in [-0.3, -0.25) is 9.35 Å². The van der Waals surface area contributed by atoms with E-state index >= 15 is 0 Å². The van der Waals surface area contributed by atoms with Gasteiger partial charge in [0.2, 0.25) is 0 Å². The molecule has 0 aliphatic heterocycles. The maximum Gasteiger partial charge on any atom is 0.394 e. The molecule has 9 heteroatoms. The SMILES string of the molecule is Nc1ccc(S(=O)(=O)O)c(NC(=O)C(=O)O)c1. The minimum absolute atomic E-state index is 0.0955. The van der Waals surface area contributed by atoms with Crippen molar-refractivity contribution in [2.24, 2.45) is 0 Å². The fourth-order valence-electron chi connectivity index (χ4n) is 1.05. The van der Waals surface area contributed by atoms with Crippen molar-refractivity contribution in [1.29, 1.82) is 0 Å². The first-order valence-corrected chi connectivity index (χ1v) is 5.57. The first-order valence-electron chi connectivity index (χ1n) is 4.13. The number of carboxylic acids is 1. The smallest absolute Gasteiger partial charge is 0.394 e. The molecule has 1 aromatic rings. The maximum absolute atomic E-state index is 10.9. The van der Waals surface area contributed by atoms with Gasteiger partial charge in [0.15, 0.2) is 0 Å². The third-order valence-electron chi connectivity index (χ3n) is 1.72. The number of hydrogen-bond donors (Lipinski definition) is 4. The van der Waals surface area contributed by atoms with Crippen LogP contribution >= 0.6 is 0 Å². The summed E-state index contributed by atoms with van der Waals surface area (Å²) in [5.41, 5.74) is 5.04. The zero-order valence-electron chi connectivity index (χ0n) is 8.25. The number of carbonyl (C=O) groups is 2. The summed E-state index contributed by atoms with van der Waals surface area (Å²) in [7, 11) is -4.58. The van der Waals surface area contributed by atoms with E-state index in [0.29, 0.717) is 0 Å². The molecule has 0 bridgehead atoms. The fourth-order valence-corrected chi connectivity index (χ4v) is 1.67. The second kappa shape index (κ2) is 4.39. The van der Waals surface area contributed by atoms with Crippen LogP contribution in [0.4, 0.5) is 11.4 Å². The zero-order valence-corrected chi connectivity index (χ0v) is 9.06. The van der Waals surface area contributed by atoms with Gasteiger partial charge in [-0.05, 0) is 18.2 Å². The molecule has 0 radical (unpaired) electrons. The van der Waals surface area contributed by atoms with Crippen LogP contribution in [0.25, 0.3) is 0 Å². The lowest BCUT2D eigenvalue weighted by Crippen LogP contribution is -2.23. The molecule has 0 aliphatic rings. The predicted molar refractivity (Wildman–Crippen MR) is 56.9 cm³/mol. The second-order valence-corrected chi connectivity index (χ2v) is 4.38. The Morgan fingerprint density at radius 3 is 2.35 bits per heavy atom. The molecule has 5 N–H and O–H groups in total. The van der Waals surface area contributed by atoms with Crippen LogP contribution in [0.3, 0.4) is 0 Å². The molecule has 0 heterocycles. The van der Waals surface area contributed by atoms with Gasteiger partial charge >= 0.3 is 11.9 Å². The van der Waals surface area contributed by atoms with E-state index in [9.17, 15) is 18.0 Å². The first-order chi connectivity index (χ1) is 7.71. The van der Waals surface area contributed by atoms with E-state index in [0.717, 1.165) is 12.1 Å². The molecule has 1 rings (SSSR count). The number of benzene rings is 1. The third kappa shape index (κ3) is 3.16. The molecule has 1 amide bonds. The normalized spacial score (nSPS) is 10.9. The minimum Gasteiger partial charge on any atom is -0.474 e.